The van der Waals surface area contributed by atoms with E-state index < -0.39 is 0 Å². The first-order chi connectivity index (χ1) is 12.1. The second-order valence-electron chi connectivity index (χ2n) is 7.76. The fourth-order valence-corrected chi connectivity index (χ4v) is 3.97. The summed E-state index contributed by atoms with van der Waals surface area (Å²) in [7, 11) is 0. The molecular weight excluding hydrogens is 306 g/mol. The van der Waals surface area contributed by atoms with Crippen molar-refractivity contribution in [1.29, 1.82) is 0 Å². The highest BCUT2D eigenvalue weighted by Crippen LogP contribution is 2.17. The average molecular weight is 338 g/mol. The molecule has 2 aromatic rings. The van der Waals surface area contributed by atoms with Crippen molar-refractivity contribution in [1.82, 2.24) is 4.90 Å². The monoisotopic (exact) mass is 337 g/mol. The van der Waals surface area contributed by atoms with E-state index in [4.69, 9.17) is 4.74 Å². The van der Waals surface area contributed by atoms with Crippen LogP contribution in [0.3, 0.4) is 0 Å². The third-order valence-corrected chi connectivity index (χ3v) is 4.92. The Labute approximate surface area is 152 Å². The minimum Gasteiger partial charge on any atom is -0.373 e. The highest BCUT2D eigenvalue weighted by molar-refractivity contribution is 5.28. The van der Waals surface area contributed by atoms with Crippen LogP contribution in [0.5, 0.6) is 0 Å². The Kier molecular flexibility index (Phi) is 6.28. The van der Waals surface area contributed by atoms with E-state index in [1.54, 1.807) is 0 Å². The summed E-state index contributed by atoms with van der Waals surface area (Å²) in [5, 5.41) is 0. The van der Waals surface area contributed by atoms with Crippen molar-refractivity contribution in [2.75, 3.05) is 19.6 Å². The SMILES string of the molecule is CC(Cc1ccc(Cc2ccccc2)cc1)CN1CC(C)OC(C)C1. The van der Waals surface area contributed by atoms with Crippen LogP contribution in [0, 0.1) is 5.92 Å². The molecule has 3 atom stereocenters. The Balaban J connectivity index is 1.50. The molecule has 1 saturated heterocycles. The summed E-state index contributed by atoms with van der Waals surface area (Å²) < 4.78 is 5.84. The lowest BCUT2D eigenvalue weighted by Crippen LogP contribution is -2.47. The number of ether oxygens (including phenoxy) is 1. The Morgan fingerprint density at radius 1 is 0.880 bits per heavy atom. The third kappa shape index (κ3) is 5.69. The largest absolute Gasteiger partial charge is 0.373 e. The van der Waals surface area contributed by atoms with Gasteiger partial charge in [-0.1, -0.05) is 61.5 Å². The minimum absolute atomic E-state index is 0.355. The Bertz CT molecular complexity index is 627. The molecule has 0 aliphatic carbocycles. The molecule has 0 N–H and O–H groups in total. The van der Waals surface area contributed by atoms with Gasteiger partial charge < -0.3 is 4.74 Å². The second kappa shape index (κ2) is 8.64. The lowest BCUT2D eigenvalue weighted by molar-refractivity contribution is -0.0708. The third-order valence-electron chi connectivity index (χ3n) is 4.92. The van der Waals surface area contributed by atoms with Crippen LogP contribution in [0.1, 0.15) is 37.5 Å². The van der Waals surface area contributed by atoms with Crippen molar-refractivity contribution in [2.45, 2.75) is 45.8 Å². The molecule has 1 aliphatic heterocycles. The van der Waals surface area contributed by atoms with Crippen molar-refractivity contribution in [2.24, 2.45) is 5.92 Å². The molecule has 3 unspecified atom stereocenters. The minimum atomic E-state index is 0.355. The van der Waals surface area contributed by atoms with Crippen LogP contribution in [-0.4, -0.2) is 36.7 Å². The molecule has 2 heteroatoms. The number of morpholine rings is 1. The lowest BCUT2D eigenvalue weighted by atomic mass is 9.97. The highest BCUT2D eigenvalue weighted by atomic mass is 16.5. The predicted molar refractivity (Wildman–Crippen MR) is 105 cm³/mol. The van der Waals surface area contributed by atoms with Crippen molar-refractivity contribution in [3.63, 3.8) is 0 Å². The summed E-state index contributed by atoms with van der Waals surface area (Å²) in [6, 6.07) is 19.9. The van der Waals surface area contributed by atoms with Gasteiger partial charge in [0.25, 0.3) is 0 Å². The van der Waals surface area contributed by atoms with Gasteiger partial charge in [-0.25, -0.2) is 0 Å². The Morgan fingerprint density at radius 3 is 2.08 bits per heavy atom. The molecule has 3 rings (SSSR count). The quantitative estimate of drug-likeness (QED) is 0.766. The van der Waals surface area contributed by atoms with E-state index in [0.717, 1.165) is 32.5 Å². The lowest BCUT2D eigenvalue weighted by Gasteiger charge is -2.36. The molecule has 1 aliphatic rings. The molecule has 1 fully saturated rings. The van der Waals surface area contributed by atoms with Gasteiger partial charge in [0, 0.05) is 19.6 Å². The number of hydrogen-bond acceptors (Lipinski definition) is 2. The van der Waals surface area contributed by atoms with E-state index in [0.29, 0.717) is 18.1 Å². The van der Waals surface area contributed by atoms with Crippen molar-refractivity contribution in [3.05, 3.63) is 71.3 Å². The van der Waals surface area contributed by atoms with E-state index >= 15 is 0 Å². The average Bonchev–Trinajstić information content (AvgIpc) is 2.56. The van der Waals surface area contributed by atoms with Gasteiger partial charge in [-0.3, -0.25) is 4.90 Å². The molecule has 2 aromatic carbocycles. The standard InChI is InChI=1S/C23H31NO/c1-18(15-24-16-19(2)25-20(3)17-24)13-22-9-11-23(12-10-22)14-21-7-5-4-6-8-21/h4-12,18-20H,13-17H2,1-3H3. The van der Waals surface area contributed by atoms with Gasteiger partial charge in [-0.15, -0.1) is 0 Å². The molecule has 0 amide bonds. The summed E-state index contributed by atoms with van der Waals surface area (Å²) in [6.45, 7) is 10.00. The van der Waals surface area contributed by atoms with Gasteiger partial charge in [0.05, 0.1) is 12.2 Å². The van der Waals surface area contributed by atoms with Crippen molar-refractivity contribution in [3.8, 4) is 0 Å². The van der Waals surface area contributed by atoms with E-state index in [1.165, 1.54) is 16.7 Å². The Morgan fingerprint density at radius 2 is 1.44 bits per heavy atom. The van der Waals surface area contributed by atoms with Crippen LogP contribution >= 0.6 is 0 Å². The molecule has 25 heavy (non-hydrogen) atoms. The first-order valence-electron chi connectivity index (χ1n) is 9.58. The zero-order valence-corrected chi connectivity index (χ0v) is 15.8. The molecule has 0 bridgehead atoms. The molecule has 2 nitrogen and oxygen atoms in total. The fourth-order valence-electron chi connectivity index (χ4n) is 3.97. The summed E-state index contributed by atoms with van der Waals surface area (Å²) >= 11 is 0. The first-order valence-corrected chi connectivity index (χ1v) is 9.58. The summed E-state index contributed by atoms with van der Waals surface area (Å²) in [5.41, 5.74) is 4.20. The smallest absolute Gasteiger partial charge is 0.0678 e. The van der Waals surface area contributed by atoms with Crippen LogP contribution in [0.2, 0.25) is 0 Å². The number of hydrogen-bond donors (Lipinski definition) is 0. The summed E-state index contributed by atoms with van der Waals surface area (Å²) in [6.07, 6.45) is 2.87. The molecule has 0 radical (unpaired) electrons. The van der Waals surface area contributed by atoms with E-state index in [2.05, 4.69) is 80.3 Å². The van der Waals surface area contributed by atoms with Gasteiger partial charge >= 0.3 is 0 Å². The summed E-state index contributed by atoms with van der Waals surface area (Å²) in [5.74, 6) is 0.664. The Hall–Kier alpha value is -1.64. The number of rotatable bonds is 6. The molecule has 0 saturated carbocycles. The van der Waals surface area contributed by atoms with E-state index in [-0.39, 0.29) is 0 Å². The topological polar surface area (TPSA) is 12.5 Å². The summed E-state index contributed by atoms with van der Waals surface area (Å²) in [4.78, 5) is 2.56. The fraction of sp³-hybridized carbons (Fsp3) is 0.478. The van der Waals surface area contributed by atoms with Crippen LogP contribution < -0.4 is 0 Å². The predicted octanol–water partition coefficient (Wildman–Crippen LogP) is 4.57. The molecule has 0 spiro atoms. The number of nitrogens with zero attached hydrogens (tertiary/aromatic N) is 1. The molecule has 134 valence electrons. The highest BCUT2D eigenvalue weighted by Gasteiger charge is 2.23. The first kappa shape index (κ1) is 18.2. The van der Waals surface area contributed by atoms with Crippen LogP contribution in [0.4, 0.5) is 0 Å². The maximum atomic E-state index is 5.84. The van der Waals surface area contributed by atoms with Gasteiger partial charge in [-0.2, -0.15) is 0 Å². The van der Waals surface area contributed by atoms with Crippen LogP contribution in [0.25, 0.3) is 0 Å². The van der Waals surface area contributed by atoms with E-state index in [1.807, 2.05) is 0 Å². The molecule has 1 heterocycles. The zero-order valence-electron chi connectivity index (χ0n) is 15.8. The van der Waals surface area contributed by atoms with E-state index in [9.17, 15) is 0 Å². The number of benzene rings is 2. The zero-order chi connectivity index (χ0) is 17.6. The molecule has 0 aromatic heterocycles. The van der Waals surface area contributed by atoms with Gasteiger partial charge in [0.1, 0.15) is 0 Å². The maximum absolute atomic E-state index is 5.84. The molecular formula is C23H31NO. The second-order valence-corrected chi connectivity index (χ2v) is 7.76. The van der Waals surface area contributed by atoms with Gasteiger partial charge in [0.15, 0.2) is 0 Å². The maximum Gasteiger partial charge on any atom is 0.0678 e. The van der Waals surface area contributed by atoms with Crippen LogP contribution in [-0.2, 0) is 17.6 Å². The van der Waals surface area contributed by atoms with Crippen LogP contribution in [0.15, 0.2) is 54.6 Å². The van der Waals surface area contributed by atoms with Crippen molar-refractivity contribution < 1.29 is 4.74 Å². The van der Waals surface area contributed by atoms with Crippen molar-refractivity contribution >= 4 is 0 Å². The van der Waals surface area contributed by atoms with Gasteiger partial charge in [0.2, 0.25) is 0 Å². The van der Waals surface area contributed by atoms with Gasteiger partial charge in [-0.05, 0) is 49.3 Å². The normalized spacial score (nSPS) is 22.7.